The first-order valence-corrected chi connectivity index (χ1v) is 7.81. The second kappa shape index (κ2) is 6.25. The van der Waals surface area contributed by atoms with Gasteiger partial charge in [0.1, 0.15) is 5.75 Å². The minimum atomic E-state index is 0.396. The summed E-state index contributed by atoms with van der Waals surface area (Å²) in [6, 6.07) is 8.31. The van der Waals surface area contributed by atoms with Gasteiger partial charge in [-0.25, -0.2) is 0 Å². The third-order valence-corrected chi connectivity index (χ3v) is 4.82. The largest absolute Gasteiger partial charge is 0.508 e. The Bertz CT molecular complexity index is 542. The molecule has 1 aromatic carbocycles. The Morgan fingerprint density at radius 3 is 2.58 bits per heavy atom. The lowest BCUT2D eigenvalue weighted by molar-refractivity contribution is 0.470. The highest BCUT2D eigenvalue weighted by molar-refractivity contribution is 7.10. The van der Waals surface area contributed by atoms with E-state index in [0.717, 1.165) is 18.4 Å². The predicted octanol–water partition coefficient (Wildman–Crippen LogP) is 5.20. The molecule has 1 unspecified atom stereocenters. The number of benzene rings is 1. The normalized spacial score (nSPS) is 12.6. The zero-order valence-corrected chi connectivity index (χ0v) is 12.8. The van der Waals surface area contributed by atoms with E-state index in [0.29, 0.717) is 11.7 Å². The Kier molecular flexibility index (Phi) is 4.65. The van der Waals surface area contributed by atoms with Gasteiger partial charge in [0.05, 0.1) is 0 Å². The third-order valence-electron chi connectivity index (χ3n) is 3.71. The third kappa shape index (κ3) is 3.60. The molecule has 1 N–H and O–H groups in total. The van der Waals surface area contributed by atoms with Crippen LogP contribution in [-0.2, 0) is 6.42 Å². The van der Waals surface area contributed by atoms with Crippen molar-refractivity contribution in [1.82, 2.24) is 0 Å². The van der Waals surface area contributed by atoms with Crippen LogP contribution >= 0.6 is 11.3 Å². The van der Waals surface area contributed by atoms with Gasteiger partial charge in [-0.05, 0) is 73.2 Å². The molecule has 1 aromatic heterocycles. The Morgan fingerprint density at radius 2 is 2.00 bits per heavy atom. The molecular weight excluding hydrogens is 252 g/mol. The Labute approximate surface area is 119 Å². The molecule has 0 aliphatic rings. The van der Waals surface area contributed by atoms with Crippen LogP contribution < -0.4 is 0 Å². The molecule has 0 saturated heterocycles. The fourth-order valence-corrected chi connectivity index (χ4v) is 3.37. The fraction of sp³-hybridized carbons (Fsp3) is 0.412. The van der Waals surface area contributed by atoms with E-state index in [4.69, 9.17) is 0 Å². The van der Waals surface area contributed by atoms with Crippen molar-refractivity contribution in [2.75, 3.05) is 0 Å². The zero-order chi connectivity index (χ0) is 13.8. The number of phenolic OH excluding ortho intramolecular Hbond substituents is 1. The van der Waals surface area contributed by atoms with Crippen molar-refractivity contribution >= 4 is 11.3 Å². The van der Waals surface area contributed by atoms with E-state index in [1.807, 2.05) is 24.3 Å². The molecule has 0 aliphatic carbocycles. The summed E-state index contributed by atoms with van der Waals surface area (Å²) in [5.74, 6) is 0.981. The van der Waals surface area contributed by atoms with Crippen LogP contribution in [0, 0.1) is 13.8 Å². The minimum Gasteiger partial charge on any atom is -0.508 e. The lowest BCUT2D eigenvalue weighted by Crippen LogP contribution is -1.99. The van der Waals surface area contributed by atoms with E-state index in [1.165, 1.54) is 22.4 Å². The molecule has 2 rings (SSSR count). The van der Waals surface area contributed by atoms with Gasteiger partial charge in [0.2, 0.25) is 0 Å². The van der Waals surface area contributed by atoms with E-state index in [2.05, 4.69) is 37.4 Å². The summed E-state index contributed by atoms with van der Waals surface area (Å²) >= 11 is 1.86. The number of hydrogen-bond donors (Lipinski definition) is 1. The minimum absolute atomic E-state index is 0.396. The molecule has 0 fully saturated rings. The van der Waals surface area contributed by atoms with Crippen LogP contribution in [0.25, 0.3) is 0 Å². The molecule has 1 nitrogen and oxygen atoms in total. The number of thiophene rings is 1. The monoisotopic (exact) mass is 274 g/mol. The number of aromatic hydroxyl groups is 1. The number of rotatable bonds is 5. The maximum atomic E-state index is 9.61. The highest BCUT2D eigenvalue weighted by atomic mass is 32.1. The molecular formula is C17H22OS. The van der Waals surface area contributed by atoms with Gasteiger partial charge in [-0.2, -0.15) is 0 Å². The molecule has 0 spiro atoms. The average Bonchev–Trinajstić information content (AvgIpc) is 2.80. The van der Waals surface area contributed by atoms with E-state index in [-0.39, 0.29) is 0 Å². The number of phenols is 1. The van der Waals surface area contributed by atoms with Crippen molar-refractivity contribution < 1.29 is 5.11 Å². The summed E-state index contributed by atoms with van der Waals surface area (Å²) < 4.78 is 0. The second-order valence-electron chi connectivity index (χ2n) is 5.28. The first-order valence-electron chi connectivity index (χ1n) is 6.93. The van der Waals surface area contributed by atoms with Crippen molar-refractivity contribution in [1.29, 1.82) is 0 Å². The molecule has 2 heteroatoms. The van der Waals surface area contributed by atoms with Crippen LogP contribution in [0.1, 0.15) is 47.3 Å². The van der Waals surface area contributed by atoms with E-state index < -0.39 is 0 Å². The summed E-state index contributed by atoms with van der Waals surface area (Å²) in [6.07, 6.45) is 3.48. The zero-order valence-electron chi connectivity index (χ0n) is 11.9. The van der Waals surface area contributed by atoms with Gasteiger partial charge in [0.15, 0.2) is 0 Å². The Balaban J connectivity index is 2.05. The lowest BCUT2D eigenvalue weighted by atomic mass is 9.90. The smallest absolute Gasteiger partial charge is 0.118 e. The van der Waals surface area contributed by atoms with Gasteiger partial charge in [0, 0.05) is 4.88 Å². The Morgan fingerprint density at radius 1 is 1.21 bits per heavy atom. The molecule has 0 amide bonds. The molecule has 0 aliphatic heterocycles. The molecule has 1 heterocycles. The molecule has 0 radical (unpaired) electrons. The van der Waals surface area contributed by atoms with E-state index in [1.54, 1.807) is 0 Å². The summed E-state index contributed by atoms with van der Waals surface area (Å²) in [7, 11) is 0. The second-order valence-corrected chi connectivity index (χ2v) is 6.28. The van der Waals surface area contributed by atoms with Gasteiger partial charge in [-0.15, -0.1) is 11.3 Å². The lowest BCUT2D eigenvalue weighted by Gasteiger charge is -2.16. The van der Waals surface area contributed by atoms with Crippen molar-refractivity contribution in [3.63, 3.8) is 0 Å². The SMILES string of the molecule is CCC(CCc1cc(C)cs1)c1ccc(O)c(C)c1. The first-order chi connectivity index (χ1) is 9.10. The summed E-state index contributed by atoms with van der Waals surface area (Å²) in [5.41, 5.74) is 3.70. The van der Waals surface area contributed by atoms with Crippen molar-refractivity contribution in [2.24, 2.45) is 0 Å². The fourth-order valence-electron chi connectivity index (χ4n) is 2.48. The van der Waals surface area contributed by atoms with Crippen LogP contribution in [-0.4, -0.2) is 5.11 Å². The highest BCUT2D eigenvalue weighted by Crippen LogP contribution is 2.29. The van der Waals surface area contributed by atoms with Crippen molar-refractivity contribution in [3.05, 3.63) is 51.2 Å². The molecule has 102 valence electrons. The van der Waals surface area contributed by atoms with Crippen LogP contribution in [0.15, 0.2) is 29.6 Å². The summed E-state index contributed by atoms with van der Waals surface area (Å²) in [4.78, 5) is 1.48. The quantitative estimate of drug-likeness (QED) is 0.794. The molecule has 1 atom stereocenters. The Hall–Kier alpha value is -1.28. The summed E-state index contributed by atoms with van der Waals surface area (Å²) in [5, 5.41) is 11.8. The molecule has 0 bridgehead atoms. The molecule has 2 aromatic rings. The number of aryl methyl sites for hydroxylation is 3. The standard InChI is InChI=1S/C17H22OS/c1-4-14(5-7-16-9-12(2)11-19-16)15-6-8-17(18)13(3)10-15/h6,8-11,14,18H,4-5,7H2,1-3H3. The van der Waals surface area contributed by atoms with Gasteiger partial charge in [0.25, 0.3) is 0 Å². The van der Waals surface area contributed by atoms with Gasteiger partial charge in [-0.3, -0.25) is 0 Å². The predicted molar refractivity (Wildman–Crippen MR) is 83.3 cm³/mol. The van der Waals surface area contributed by atoms with Crippen molar-refractivity contribution in [3.8, 4) is 5.75 Å². The maximum absolute atomic E-state index is 9.61. The van der Waals surface area contributed by atoms with Crippen LogP contribution in [0.5, 0.6) is 5.75 Å². The molecule has 0 saturated carbocycles. The van der Waals surface area contributed by atoms with E-state index >= 15 is 0 Å². The topological polar surface area (TPSA) is 20.2 Å². The molecule has 19 heavy (non-hydrogen) atoms. The first kappa shape index (κ1) is 14.1. The van der Waals surface area contributed by atoms with Gasteiger partial charge < -0.3 is 5.11 Å². The van der Waals surface area contributed by atoms with Gasteiger partial charge in [-0.1, -0.05) is 19.1 Å². The van der Waals surface area contributed by atoms with Crippen molar-refractivity contribution in [2.45, 2.75) is 46.0 Å². The highest BCUT2D eigenvalue weighted by Gasteiger charge is 2.11. The van der Waals surface area contributed by atoms with Gasteiger partial charge >= 0.3 is 0 Å². The van der Waals surface area contributed by atoms with E-state index in [9.17, 15) is 5.11 Å². The maximum Gasteiger partial charge on any atom is 0.118 e. The van der Waals surface area contributed by atoms with Crippen LogP contribution in [0.3, 0.4) is 0 Å². The average molecular weight is 274 g/mol. The van der Waals surface area contributed by atoms with Crippen LogP contribution in [0.2, 0.25) is 0 Å². The number of hydrogen-bond acceptors (Lipinski definition) is 2. The van der Waals surface area contributed by atoms with Crippen LogP contribution in [0.4, 0.5) is 0 Å². The summed E-state index contributed by atoms with van der Waals surface area (Å²) in [6.45, 7) is 6.36.